The third kappa shape index (κ3) is 3.72. The molecule has 1 amide bonds. The highest BCUT2D eigenvalue weighted by molar-refractivity contribution is 5.90. The number of hydrogen-bond donors (Lipinski definition) is 0. The number of para-hydroxylation sites is 1. The van der Waals surface area contributed by atoms with Crippen LogP contribution in [-0.4, -0.2) is 23.6 Å². The van der Waals surface area contributed by atoms with E-state index in [2.05, 4.69) is 0 Å². The van der Waals surface area contributed by atoms with Crippen LogP contribution in [0.4, 0.5) is 4.79 Å². The monoisotopic (exact) mass is 287 g/mol. The molecule has 0 aromatic heterocycles. The number of benzene rings is 1. The van der Waals surface area contributed by atoms with Crippen molar-refractivity contribution in [1.29, 1.82) is 0 Å². The fraction of sp³-hybridized carbons (Fsp3) is 0.250. The molecule has 0 bridgehead atoms. The standard InChI is InChI=1S/C16H17NO4/c1-3-20-15(18)14-11-17(10-9-12(14)2)16(19)21-13-7-5-4-6-8-13/h4-12H,3H2,1-2H3. The number of carbonyl (C=O) groups is 2. The summed E-state index contributed by atoms with van der Waals surface area (Å²) in [6.07, 6.45) is 4.21. The number of rotatable bonds is 3. The lowest BCUT2D eigenvalue weighted by atomic mass is 10.00. The molecule has 0 aliphatic carbocycles. The lowest BCUT2D eigenvalue weighted by Gasteiger charge is -2.22. The topological polar surface area (TPSA) is 55.8 Å². The van der Waals surface area contributed by atoms with E-state index in [-0.39, 0.29) is 5.92 Å². The molecule has 0 fully saturated rings. The average molecular weight is 287 g/mol. The lowest BCUT2D eigenvalue weighted by Crippen LogP contribution is -2.29. The smallest absolute Gasteiger partial charge is 0.423 e. The SMILES string of the molecule is CCOC(=O)C1=CN(C(=O)Oc2ccccc2)C=CC1C. The highest BCUT2D eigenvalue weighted by atomic mass is 16.6. The van der Waals surface area contributed by atoms with E-state index >= 15 is 0 Å². The van der Waals surface area contributed by atoms with Crippen molar-refractivity contribution in [2.45, 2.75) is 13.8 Å². The fourth-order valence-electron chi connectivity index (χ4n) is 1.84. The third-order valence-electron chi connectivity index (χ3n) is 2.97. The van der Waals surface area contributed by atoms with Crippen LogP contribution in [0.5, 0.6) is 5.75 Å². The summed E-state index contributed by atoms with van der Waals surface area (Å²) in [5.74, 6) is -0.0858. The van der Waals surface area contributed by atoms with Crippen molar-refractivity contribution in [2.75, 3.05) is 6.61 Å². The van der Waals surface area contributed by atoms with Gasteiger partial charge in [-0.05, 0) is 19.1 Å². The highest BCUT2D eigenvalue weighted by Crippen LogP contribution is 2.21. The van der Waals surface area contributed by atoms with Gasteiger partial charge < -0.3 is 9.47 Å². The first kappa shape index (κ1) is 14.8. The minimum atomic E-state index is -0.578. The fourth-order valence-corrected chi connectivity index (χ4v) is 1.84. The summed E-state index contributed by atoms with van der Waals surface area (Å²) in [6.45, 7) is 3.89. The van der Waals surface area contributed by atoms with E-state index in [4.69, 9.17) is 9.47 Å². The number of esters is 1. The van der Waals surface area contributed by atoms with Gasteiger partial charge in [0, 0.05) is 18.3 Å². The van der Waals surface area contributed by atoms with E-state index in [9.17, 15) is 9.59 Å². The summed E-state index contributed by atoms with van der Waals surface area (Å²) < 4.78 is 10.2. The van der Waals surface area contributed by atoms with Gasteiger partial charge in [-0.2, -0.15) is 0 Å². The Morgan fingerprint density at radius 3 is 2.62 bits per heavy atom. The second-order valence-corrected chi connectivity index (χ2v) is 4.52. The first-order chi connectivity index (χ1) is 10.1. The van der Waals surface area contributed by atoms with E-state index in [0.717, 1.165) is 0 Å². The molecule has 0 radical (unpaired) electrons. The van der Waals surface area contributed by atoms with Crippen LogP contribution in [-0.2, 0) is 9.53 Å². The molecule has 0 saturated carbocycles. The molecule has 1 aromatic rings. The summed E-state index contributed by atoms with van der Waals surface area (Å²) in [7, 11) is 0. The van der Waals surface area contributed by atoms with Gasteiger partial charge in [-0.3, -0.25) is 4.90 Å². The zero-order chi connectivity index (χ0) is 15.2. The molecule has 1 aliphatic rings. The Balaban J connectivity index is 2.10. The van der Waals surface area contributed by atoms with Crippen LogP contribution >= 0.6 is 0 Å². The van der Waals surface area contributed by atoms with Crippen LogP contribution in [0.2, 0.25) is 0 Å². The average Bonchev–Trinajstić information content (AvgIpc) is 2.48. The highest BCUT2D eigenvalue weighted by Gasteiger charge is 2.24. The van der Waals surface area contributed by atoms with E-state index < -0.39 is 12.1 Å². The summed E-state index contributed by atoms with van der Waals surface area (Å²) in [5.41, 5.74) is 0.421. The second kappa shape index (κ2) is 6.74. The molecule has 110 valence electrons. The van der Waals surface area contributed by atoms with E-state index in [0.29, 0.717) is 17.9 Å². The zero-order valence-corrected chi connectivity index (χ0v) is 12.0. The molecule has 0 saturated heterocycles. The largest absolute Gasteiger partial charge is 0.463 e. The Morgan fingerprint density at radius 2 is 1.95 bits per heavy atom. The van der Waals surface area contributed by atoms with Gasteiger partial charge in [-0.15, -0.1) is 0 Å². The molecule has 1 aliphatic heterocycles. The maximum absolute atomic E-state index is 12.1. The van der Waals surface area contributed by atoms with Crippen LogP contribution in [0.25, 0.3) is 0 Å². The third-order valence-corrected chi connectivity index (χ3v) is 2.97. The van der Waals surface area contributed by atoms with Crippen LogP contribution in [0.1, 0.15) is 13.8 Å². The summed E-state index contributed by atoms with van der Waals surface area (Å²) in [6, 6.07) is 8.75. The Kier molecular flexibility index (Phi) is 4.77. The number of nitrogens with zero attached hydrogens (tertiary/aromatic N) is 1. The number of allylic oxidation sites excluding steroid dienone is 1. The Labute approximate surface area is 123 Å². The molecule has 5 nitrogen and oxygen atoms in total. The van der Waals surface area contributed by atoms with Crippen molar-refractivity contribution in [3.8, 4) is 5.75 Å². The van der Waals surface area contributed by atoms with Gasteiger partial charge in [-0.1, -0.05) is 31.2 Å². The van der Waals surface area contributed by atoms with E-state index in [1.165, 1.54) is 11.1 Å². The summed E-state index contributed by atoms with van der Waals surface area (Å²) in [4.78, 5) is 25.1. The molecule has 2 rings (SSSR count). The quantitative estimate of drug-likeness (QED) is 0.802. The second-order valence-electron chi connectivity index (χ2n) is 4.52. The van der Waals surface area contributed by atoms with Crippen LogP contribution in [0.3, 0.4) is 0 Å². The molecule has 1 atom stereocenters. The maximum atomic E-state index is 12.1. The van der Waals surface area contributed by atoms with Crippen LogP contribution in [0, 0.1) is 5.92 Å². The van der Waals surface area contributed by atoms with Crippen LogP contribution in [0.15, 0.2) is 54.4 Å². The van der Waals surface area contributed by atoms with Gasteiger partial charge in [0.1, 0.15) is 5.75 Å². The molecular weight excluding hydrogens is 270 g/mol. The van der Waals surface area contributed by atoms with Gasteiger partial charge >= 0.3 is 12.1 Å². The minimum absolute atomic E-state index is 0.107. The number of amides is 1. The molecule has 1 unspecified atom stereocenters. The van der Waals surface area contributed by atoms with E-state index in [1.807, 2.05) is 13.0 Å². The zero-order valence-electron chi connectivity index (χ0n) is 12.0. The molecule has 21 heavy (non-hydrogen) atoms. The van der Waals surface area contributed by atoms with Gasteiger partial charge in [0.05, 0.1) is 12.2 Å². The van der Waals surface area contributed by atoms with Gasteiger partial charge in [0.25, 0.3) is 0 Å². The molecule has 1 heterocycles. The first-order valence-electron chi connectivity index (χ1n) is 6.74. The predicted molar refractivity (Wildman–Crippen MR) is 77.3 cm³/mol. The van der Waals surface area contributed by atoms with Crippen molar-refractivity contribution < 1.29 is 19.1 Å². The Morgan fingerprint density at radius 1 is 1.24 bits per heavy atom. The normalized spacial score (nSPS) is 17.1. The van der Waals surface area contributed by atoms with E-state index in [1.54, 1.807) is 43.5 Å². The number of hydrogen-bond acceptors (Lipinski definition) is 4. The van der Waals surface area contributed by atoms with Crippen molar-refractivity contribution in [3.05, 3.63) is 54.4 Å². The lowest BCUT2D eigenvalue weighted by molar-refractivity contribution is -0.139. The molecule has 0 spiro atoms. The van der Waals surface area contributed by atoms with Crippen molar-refractivity contribution >= 4 is 12.1 Å². The first-order valence-corrected chi connectivity index (χ1v) is 6.74. The molecule has 1 aromatic carbocycles. The Bertz CT molecular complexity index is 577. The van der Waals surface area contributed by atoms with Crippen molar-refractivity contribution in [1.82, 2.24) is 4.90 Å². The van der Waals surface area contributed by atoms with Gasteiger partial charge in [-0.25, -0.2) is 9.59 Å². The number of carbonyl (C=O) groups excluding carboxylic acids is 2. The predicted octanol–water partition coefficient (Wildman–Crippen LogP) is 3.10. The summed E-state index contributed by atoms with van der Waals surface area (Å²) in [5, 5.41) is 0. The maximum Gasteiger partial charge on any atom is 0.423 e. The minimum Gasteiger partial charge on any atom is -0.463 e. The van der Waals surface area contributed by atoms with Crippen molar-refractivity contribution in [2.24, 2.45) is 5.92 Å². The number of ether oxygens (including phenoxy) is 2. The summed E-state index contributed by atoms with van der Waals surface area (Å²) >= 11 is 0. The van der Waals surface area contributed by atoms with Crippen LogP contribution < -0.4 is 4.74 Å². The molecular formula is C16H17NO4. The molecule has 0 N–H and O–H groups in total. The van der Waals surface area contributed by atoms with Gasteiger partial charge in [0.15, 0.2) is 0 Å². The van der Waals surface area contributed by atoms with Gasteiger partial charge in [0.2, 0.25) is 0 Å². The van der Waals surface area contributed by atoms with Crippen molar-refractivity contribution in [3.63, 3.8) is 0 Å². The molecule has 5 heteroatoms. The Hall–Kier alpha value is -2.56.